The standard InChI is InChI=1S/C58H104N2/c1-17-19-20-21-22-23-32-59-50(13)60-54-27-29-56(15,39-58(54)31-30-57(16,40-58)52-26-28-55(14,18-2)49(12)37-52)48(11)36-46(9)44(7)34-43(6)45(8)35-47(10)53-38-51(33-41(3)4)25-24-42(53)5/h27,29,42,44-49,51-54,59-60H,3,6,13,17-26,28,30-40H2,1-2,4-5,7-12,14-16H3/t42-,44?,45?,46?,47-,48?,49+,51?,52?,53?,54?,55?,56?,57+,58?/m0/s1. The van der Waals surface area contributed by atoms with Gasteiger partial charge < -0.3 is 10.6 Å². The van der Waals surface area contributed by atoms with Gasteiger partial charge in [-0.25, -0.2) is 0 Å². The summed E-state index contributed by atoms with van der Waals surface area (Å²) in [5.41, 5.74) is 4.27. The molecule has 1 spiro atoms. The SMILES string of the molecule is C=C(C)CC1CC[C@H](C)C([C@@H](C)CC(C)C(=C)CC(C)C(C)CC(C)C2(C)C=CC(NC(=C)NCCCCCCCC)C3(CC[C@@](C)(C4CCC(C)(CC)[C@H](C)C4)C3)C2)C1. The first-order chi connectivity index (χ1) is 28.2. The average molecular weight is 829 g/mol. The van der Waals surface area contributed by atoms with Crippen LogP contribution < -0.4 is 10.6 Å². The van der Waals surface area contributed by atoms with Gasteiger partial charge in [-0.15, -0.1) is 6.58 Å². The van der Waals surface area contributed by atoms with E-state index in [-0.39, 0.29) is 10.8 Å². The van der Waals surface area contributed by atoms with Crippen molar-refractivity contribution in [3.8, 4) is 0 Å². The van der Waals surface area contributed by atoms with E-state index in [0.29, 0.717) is 40.5 Å². The molecule has 3 fully saturated rings. The van der Waals surface area contributed by atoms with Crippen molar-refractivity contribution in [2.45, 2.75) is 231 Å². The lowest BCUT2D eigenvalue weighted by Gasteiger charge is -2.52. The Bertz CT molecular complexity index is 1390. The van der Waals surface area contributed by atoms with Crippen LogP contribution in [0.2, 0.25) is 0 Å². The summed E-state index contributed by atoms with van der Waals surface area (Å²) >= 11 is 0. The van der Waals surface area contributed by atoms with E-state index in [9.17, 15) is 0 Å². The second kappa shape index (κ2) is 22.5. The van der Waals surface area contributed by atoms with Gasteiger partial charge in [-0.05, 0) is 178 Å². The van der Waals surface area contributed by atoms with Gasteiger partial charge in [-0.3, -0.25) is 0 Å². The van der Waals surface area contributed by atoms with E-state index in [0.717, 1.165) is 47.9 Å². The maximum atomic E-state index is 4.78. The Labute approximate surface area is 376 Å². The monoisotopic (exact) mass is 829 g/mol. The fourth-order valence-corrected chi connectivity index (χ4v) is 14.1. The van der Waals surface area contributed by atoms with Gasteiger partial charge in [0.15, 0.2) is 0 Å². The summed E-state index contributed by atoms with van der Waals surface area (Å²) in [4.78, 5) is 0. The van der Waals surface area contributed by atoms with Crippen LogP contribution in [-0.4, -0.2) is 12.6 Å². The van der Waals surface area contributed by atoms with Crippen LogP contribution in [0, 0.1) is 80.8 Å². The van der Waals surface area contributed by atoms with Crippen LogP contribution in [0.4, 0.5) is 0 Å². The summed E-state index contributed by atoms with van der Waals surface area (Å²) < 4.78 is 0. The molecule has 2 heteroatoms. The zero-order chi connectivity index (χ0) is 44.5. The third kappa shape index (κ3) is 13.3. The number of hydrogen-bond acceptors (Lipinski definition) is 2. The van der Waals surface area contributed by atoms with Crippen molar-refractivity contribution >= 4 is 0 Å². The molecule has 0 aromatic heterocycles. The van der Waals surface area contributed by atoms with Gasteiger partial charge in [-0.2, -0.15) is 0 Å². The van der Waals surface area contributed by atoms with Crippen molar-refractivity contribution in [3.05, 3.63) is 48.9 Å². The van der Waals surface area contributed by atoms with Crippen molar-refractivity contribution in [3.63, 3.8) is 0 Å². The van der Waals surface area contributed by atoms with Crippen LogP contribution in [0.15, 0.2) is 48.9 Å². The van der Waals surface area contributed by atoms with E-state index >= 15 is 0 Å². The number of allylic oxidation sites excluding steroid dienone is 3. The molecule has 0 aromatic carbocycles. The highest BCUT2D eigenvalue weighted by Crippen LogP contribution is 2.65. The molecule has 0 aliphatic heterocycles. The molecule has 0 heterocycles. The molecule has 2 nitrogen and oxygen atoms in total. The lowest BCUT2D eigenvalue weighted by Crippen LogP contribution is -2.51. The third-order valence-electron chi connectivity index (χ3n) is 19.5. The van der Waals surface area contributed by atoms with E-state index in [1.54, 1.807) is 0 Å². The molecule has 0 radical (unpaired) electrons. The summed E-state index contributed by atoms with van der Waals surface area (Å²) in [6.45, 7) is 47.3. The fraction of sp³-hybridized carbons (Fsp3) is 0.862. The van der Waals surface area contributed by atoms with Crippen molar-refractivity contribution in [2.75, 3.05) is 6.54 Å². The van der Waals surface area contributed by atoms with Crippen molar-refractivity contribution in [1.82, 2.24) is 10.6 Å². The Morgan fingerprint density at radius 1 is 0.800 bits per heavy atom. The predicted molar refractivity (Wildman–Crippen MR) is 267 cm³/mol. The van der Waals surface area contributed by atoms with E-state index in [1.165, 1.54) is 146 Å². The van der Waals surface area contributed by atoms with Gasteiger partial charge in [0.25, 0.3) is 0 Å². The second-order valence-corrected chi connectivity index (χ2v) is 24.5. The summed E-state index contributed by atoms with van der Waals surface area (Å²) in [6.07, 6.45) is 33.4. The molecule has 0 aromatic rings. The van der Waals surface area contributed by atoms with Crippen LogP contribution >= 0.6 is 0 Å². The average Bonchev–Trinajstić information content (AvgIpc) is 3.53. The minimum Gasteiger partial charge on any atom is -0.372 e. The Kier molecular flexibility index (Phi) is 19.2. The molecular weight excluding hydrogens is 725 g/mol. The molecule has 15 atom stereocenters. The lowest BCUT2D eigenvalue weighted by molar-refractivity contribution is 0.0137. The quantitative estimate of drug-likeness (QED) is 0.0748. The van der Waals surface area contributed by atoms with E-state index < -0.39 is 0 Å². The minimum atomic E-state index is 0.198. The Hall–Kier alpha value is -1.44. The normalized spacial score (nSPS) is 37.0. The van der Waals surface area contributed by atoms with Gasteiger partial charge in [0.2, 0.25) is 0 Å². The van der Waals surface area contributed by atoms with Crippen LogP contribution in [-0.2, 0) is 0 Å². The zero-order valence-electron chi connectivity index (χ0n) is 42.7. The first kappa shape index (κ1) is 51.2. The van der Waals surface area contributed by atoms with Crippen molar-refractivity contribution in [2.24, 2.45) is 80.8 Å². The van der Waals surface area contributed by atoms with E-state index in [1.807, 2.05) is 0 Å². The lowest BCUT2D eigenvalue weighted by atomic mass is 9.55. The van der Waals surface area contributed by atoms with Crippen LogP contribution in [0.5, 0.6) is 0 Å². The van der Waals surface area contributed by atoms with Gasteiger partial charge >= 0.3 is 0 Å². The Balaban J connectivity index is 1.40. The molecule has 2 N–H and O–H groups in total. The smallest absolute Gasteiger partial charge is 0.0917 e. The second-order valence-electron chi connectivity index (χ2n) is 24.5. The summed E-state index contributed by atoms with van der Waals surface area (Å²) in [5.74, 6) is 8.57. The van der Waals surface area contributed by atoms with Gasteiger partial charge in [0.05, 0.1) is 11.9 Å². The fourth-order valence-electron chi connectivity index (χ4n) is 14.1. The highest BCUT2D eigenvalue weighted by Gasteiger charge is 2.57. The maximum absolute atomic E-state index is 4.78. The first-order valence-corrected chi connectivity index (χ1v) is 26.4. The largest absolute Gasteiger partial charge is 0.372 e. The zero-order valence-corrected chi connectivity index (χ0v) is 42.7. The van der Waals surface area contributed by atoms with Crippen LogP contribution in [0.25, 0.3) is 0 Å². The maximum Gasteiger partial charge on any atom is 0.0917 e. The van der Waals surface area contributed by atoms with Crippen molar-refractivity contribution < 1.29 is 0 Å². The topological polar surface area (TPSA) is 24.1 Å². The first-order valence-electron chi connectivity index (χ1n) is 26.4. The van der Waals surface area contributed by atoms with Gasteiger partial charge in [0.1, 0.15) is 0 Å². The number of rotatable bonds is 24. The molecule has 11 unspecified atom stereocenters. The molecule has 0 saturated heterocycles. The number of nitrogens with one attached hydrogen (secondary N) is 2. The number of unbranched alkanes of at least 4 members (excludes halogenated alkanes) is 5. The molecule has 4 rings (SSSR count). The van der Waals surface area contributed by atoms with Crippen LogP contribution in [0.3, 0.4) is 0 Å². The molecule has 4 aliphatic carbocycles. The number of hydrogen-bond donors (Lipinski definition) is 2. The van der Waals surface area contributed by atoms with E-state index in [4.69, 9.17) is 6.58 Å². The molecule has 60 heavy (non-hydrogen) atoms. The highest BCUT2D eigenvalue weighted by atomic mass is 15.1. The highest BCUT2D eigenvalue weighted by molar-refractivity contribution is 5.22. The molecule has 0 bridgehead atoms. The molecular formula is C58H104N2. The Morgan fingerprint density at radius 2 is 1.50 bits per heavy atom. The summed E-state index contributed by atoms with van der Waals surface area (Å²) in [7, 11) is 0. The molecule has 3 saturated carbocycles. The molecule has 0 amide bonds. The van der Waals surface area contributed by atoms with Crippen molar-refractivity contribution in [1.29, 1.82) is 0 Å². The predicted octanol–water partition coefficient (Wildman–Crippen LogP) is 17.3. The van der Waals surface area contributed by atoms with E-state index in [2.05, 4.69) is 126 Å². The molecule has 4 aliphatic rings. The van der Waals surface area contributed by atoms with Gasteiger partial charge in [0, 0.05) is 6.54 Å². The summed E-state index contributed by atoms with van der Waals surface area (Å²) in [5, 5.41) is 7.77. The van der Waals surface area contributed by atoms with Gasteiger partial charge in [-0.1, -0.05) is 164 Å². The van der Waals surface area contributed by atoms with Crippen LogP contribution in [0.1, 0.15) is 225 Å². The minimum absolute atomic E-state index is 0.198. The molecule has 346 valence electrons. The Morgan fingerprint density at radius 3 is 2.17 bits per heavy atom. The third-order valence-corrected chi connectivity index (χ3v) is 19.5. The summed E-state index contributed by atoms with van der Waals surface area (Å²) in [6, 6.07) is 0.350.